The van der Waals surface area contributed by atoms with Crippen LogP contribution < -0.4 is 10.1 Å². The molecule has 96 valence electrons. The van der Waals surface area contributed by atoms with Crippen LogP contribution in [0, 0.1) is 11.3 Å². The Hall–Kier alpha value is -1.73. The van der Waals surface area contributed by atoms with E-state index in [1.807, 2.05) is 19.9 Å². The quantitative estimate of drug-likeness (QED) is 0.891. The Morgan fingerprint density at radius 3 is 2.89 bits per heavy atom. The zero-order valence-corrected chi connectivity index (χ0v) is 11.1. The monoisotopic (exact) mass is 266 g/mol. The number of rotatable bonds is 5. The lowest BCUT2D eigenvalue weighted by atomic mass is 10.2. The van der Waals surface area contributed by atoms with E-state index in [9.17, 15) is 4.79 Å². The van der Waals surface area contributed by atoms with Crippen LogP contribution in [0.1, 0.15) is 25.8 Å². The molecule has 0 saturated carbocycles. The number of carbonyl (C=O) groups is 1. The molecule has 1 aromatic carbocycles. The summed E-state index contributed by atoms with van der Waals surface area (Å²) in [4.78, 5) is 11.4. The molecule has 0 atom stereocenters. The van der Waals surface area contributed by atoms with Gasteiger partial charge in [-0.3, -0.25) is 4.79 Å². The van der Waals surface area contributed by atoms with E-state index < -0.39 is 0 Å². The third-order valence-electron chi connectivity index (χ3n) is 2.12. The summed E-state index contributed by atoms with van der Waals surface area (Å²) in [6.07, 6.45) is 0.246. The van der Waals surface area contributed by atoms with Gasteiger partial charge >= 0.3 is 0 Å². The minimum absolute atomic E-state index is 0.0782. The summed E-state index contributed by atoms with van der Waals surface area (Å²) in [5, 5.41) is 12.0. The number of hydrogen-bond acceptors (Lipinski definition) is 3. The summed E-state index contributed by atoms with van der Waals surface area (Å²) in [6, 6.07) is 7.07. The van der Waals surface area contributed by atoms with E-state index in [1.54, 1.807) is 18.2 Å². The first-order chi connectivity index (χ1) is 8.54. The molecular weight excluding hydrogens is 252 g/mol. The molecule has 0 saturated heterocycles. The van der Waals surface area contributed by atoms with E-state index in [4.69, 9.17) is 21.6 Å². The van der Waals surface area contributed by atoms with Gasteiger partial charge in [0.2, 0.25) is 5.91 Å². The van der Waals surface area contributed by atoms with Crippen molar-refractivity contribution >= 4 is 17.5 Å². The van der Waals surface area contributed by atoms with Gasteiger partial charge in [-0.15, -0.1) is 0 Å². The van der Waals surface area contributed by atoms with Gasteiger partial charge in [0.15, 0.2) is 0 Å². The number of hydrogen-bond donors (Lipinski definition) is 1. The summed E-state index contributed by atoms with van der Waals surface area (Å²) < 4.78 is 5.39. The maximum atomic E-state index is 11.4. The standard InChI is InChI=1S/C13H15ClN2O2/c1-9(2)16-13(17)6-7-18-12-5-3-4-11(14)10(12)8-15/h3-5,9H,6-7H2,1-2H3,(H,16,17). The first kappa shape index (κ1) is 14.3. The Balaban J connectivity index is 2.52. The summed E-state index contributed by atoms with van der Waals surface area (Å²) in [6.45, 7) is 4.00. The first-order valence-electron chi connectivity index (χ1n) is 5.65. The molecule has 0 radical (unpaired) electrons. The van der Waals surface area contributed by atoms with E-state index in [2.05, 4.69) is 5.32 Å². The molecule has 0 aliphatic carbocycles. The number of carbonyl (C=O) groups excluding carboxylic acids is 1. The van der Waals surface area contributed by atoms with Crippen molar-refractivity contribution in [3.05, 3.63) is 28.8 Å². The van der Waals surface area contributed by atoms with Crippen molar-refractivity contribution in [2.24, 2.45) is 0 Å². The average Bonchev–Trinajstić information content (AvgIpc) is 2.28. The molecule has 0 fully saturated rings. The van der Waals surface area contributed by atoms with Gasteiger partial charge in [0.05, 0.1) is 18.1 Å². The van der Waals surface area contributed by atoms with Crippen LogP contribution >= 0.6 is 11.6 Å². The molecule has 0 aromatic heterocycles. The molecule has 1 rings (SSSR count). The van der Waals surface area contributed by atoms with Gasteiger partial charge < -0.3 is 10.1 Å². The molecule has 0 unspecified atom stereocenters. The van der Waals surface area contributed by atoms with Crippen LogP contribution in [0.3, 0.4) is 0 Å². The predicted molar refractivity (Wildman–Crippen MR) is 69.6 cm³/mol. The highest BCUT2D eigenvalue weighted by atomic mass is 35.5. The van der Waals surface area contributed by atoms with E-state index in [0.29, 0.717) is 16.3 Å². The van der Waals surface area contributed by atoms with Crippen molar-refractivity contribution in [1.82, 2.24) is 5.32 Å². The lowest BCUT2D eigenvalue weighted by Gasteiger charge is -2.10. The van der Waals surface area contributed by atoms with Crippen molar-refractivity contribution in [1.29, 1.82) is 5.26 Å². The number of amides is 1. The second-order valence-electron chi connectivity index (χ2n) is 4.05. The SMILES string of the molecule is CC(C)NC(=O)CCOc1cccc(Cl)c1C#N. The van der Waals surface area contributed by atoms with Gasteiger partial charge in [-0.2, -0.15) is 5.26 Å². The van der Waals surface area contributed by atoms with Crippen LogP contribution in [-0.4, -0.2) is 18.6 Å². The molecule has 0 heterocycles. The van der Waals surface area contributed by atoms with E-state index in [0.717, 1.165) is 0 Å². The average molecular weight is 267 g/mol. The van der Waals surface area contributed by atoms with Crippen molar-refractivity contribution in [2.75, 3.05) is 6.61 Å². The third kappa shape index (κ3) is 4.27. The van der Waals surface area contributed by atoms with Gasteiger partial charge in [-0.05, 0) is 26.0 Å². The Morgan fingerprint density at radius 2 is 2.28 bits per heavy atom. The molecular formula is C13H15ClN2O2. The zero-order valence-electron chi connectivity index (χ0n) is 10.4. The molecule has 5 heteroatoms. The molecule has 18 heavy (non-hydrogen) atoms. The smallest absolute Gasteiger partial charge is 0.223 e. The minimum atomic E-state index is -0.0782. The number of benzene rings is 1. The summed E-state index contributed by atoms with van der Waals surface area (Å²) in [5.41, 5.74) is 0.295. The lowest BCUT2D eigenvalue weighted by Crippen LogP contribution is -2.31. The van der Waals surface area contributed by atoms with Gasteiger partial charge in [-0.1, -0.05) is 17.7 Å². The summed E-state index contributed by atoms with van der Waals surface area (Å²) in [7, 11) is 0. The summed E-state index contributed by atoms with van der Waals surface area (Å²) >= 11 is 5.86. The van der Waals surface area contributed by atoms with Crippen LogP contribution in [0.5, 0.6) is 5.75 Å². The normalized spacial score (nSPS) is 9.94. The number of nitrogens with one attached hydrogen (secondary N) is 1. The Bertz CT molecular complexity index is 467. The van der Waals surface area contributed by atoms with Crippen molar-refractivity contribution in [2.45, 2.75) is 26.3 Å². The maximum absolute atomic E-state index is 11.4. The molecule has 1 N–H and O–H groups in total. The fraction of sp³-hybridized carbons (Fsp3) is 0.385. The highest BCUT2D eigenvalue weighted by molar-refractivity contribution is 6.31. The van der Waals surface area contributed by atoms with Crippen molar-refractivity contribution in [3.8, 4) is 11.8 Å². The minimum Gasteiger partial charge on any atom is -0.492 e. The highest BCUT2D eigenvalue weighted by Gasteiger charge is 2.08. The Morgan fingerprint density at radius 1 is 1.56 bits per heavy atom. The van der Waals surface area contributed by atoms with Gasteiger partial charge in [0.1, 0.15) is 17.4 Å². The second-order valence-corrected chi connectivity index (χ2v) is 4.45. The van der Waals surface area contributed by atoms with Crippen LogP contribution in [0.4, 0.5) is 0 Å². The number of nitrogens with zero attached hydrogens (tertiary/aromatic N) is 1. The first-order valence-corrected chi connectivity index (χ1v) is 6.03. The third-order valence-corrected chi connectivity index (χ3v) is 2.44. The van der Waals surface area contributed by atoms with Gasteiger partial charge in [0.25, 0.3) is 0 Å². The Kier molecular flexibility index (Phi) is 5.47. The fourth-order valence-electron chi connectivity index (χ4n) is 1.38. The summed E-state index contributed by atoms with van der Waals surface area (Å²) in [5.74, 6) is 0.327. The lowest BCUT2D eigenvalue weighted by molar-refractivity contribution is -0.122. The Labute approximate surface area is 112 Å². The number of nitriles is 1. The van der Waals surface area contributed by atoms with E-state index in [1.165, 1.54) is 0 Å². The van der Waals surface area contributed by atoms with Crippen molar-refractivity contribution in [3.63, 3.8) is 0 Å². The molecule has 4 nitrogen and oxygen atoms in total. The molecule has 0 aliphatic heterocycles. The number of ether oxygens (including phenoxy) is 1. The predicted octanol–water partition coefficient (Wildman–Crippen LogP) is 2.51. The molecule has 1 amide bonds. The molecule has 0 bridgehead atoms. The van der Waals surface area contributed by atoms with Crippen LogP contribution in [0.2, 0.25) is 5.02 Å². The molecule has 1 aromatic rings. The fourth-order valence-corrected chi connectivity index (χ4v) is 1.59. The van der Waals surface area contributed by atoms with E-state index >= 15 is 0 Å². The van der Waals surface area contributed by atoms with Gasteiger partial charge in [0, 0.05) is 6.04 Å². The maximum Gasteiger partial charge on any atom is 0.223 e. The highest BCUT2D eigenvalue weighted by Crippen LogP contribution is 2.25. The number of halogens is 1. The topological polar surface area (TPSA) is 62.1 Å². The van der Waals surface area contributed by atoms with Gasteiger partial charge in [-0.25, -0.2) is 0 Å². The van der Waals surface area contributed by atoms with E-state index in [-0.39, 0.29) is 25.0 Å². The molecule has 0 spiro atoms. The van der Waals surface area contributed by atoms with Crippen molar-refractivity contribution < 1.29 is 9.53 Å². The van der Waals surface area contributed by atoms with Crippen LogP contribution in [-0.2, 0) is 4.79 Å². The second kappa shape index (κ2) is 6.87. The van der Waals surface area contributed by atoms with Crippen LogP contribution in [0.15, 0.2) is 18.2 Å². The zero-order chi connectivity index (χ0) is 13.5. The molecule has 0 aliphatic rings. The largest absolute Gasteiger partial charge is 0.492 e. The van der Waals surface area contributed by atoms with Crippen LogP contribution in [0.25, 0.3) is 0 Å².